The third kappa shape index (κ3) is 4.40. The highest BCUT2D eigenvalue weighted by molar-refractivity contribution is 5.93. The van der Waals surface area contributed by atoms with E-state index in [9.17, 15) is 4.79 Å². The van der Waals surface area contributed by atoms with Crippen LogP contribution in [0, 0.1) is 13.8 Å². The number of amides is 1. The highest BCUT2D eigenvalue weighted by Crippen LogP contribution is 2.32. The predicted octanol–water partition coefficient (Wildman–Crippen LogP) is 4.35. The fourth-order valence-electron chi connectivity index (χ4n) is 4.53. The summed E-state index contributed by atoms with van der Waals surface area (Å²) in [6, 6.07) is 17.8. The first-order valence-electron chi connectivity index (χ1n) is 11.8. The summed E-state index contributed by atoms with van der Waals surface area (Å²) in [6.07, 6.45) is 6.85. The van der Waals surface area contributed by atoms with Crippen molar-refractivity contribution in [1.82, 2.24) is 24.5 Å². The van der Waals surface area contributed by atoms with Crippen LogP contribution in [0.3, 0.4) is 0 Å². The van der Waals surface area contributed by atoms with Gasteiger partial charge in [0.25, 0.3) is 5.91 Å². The van der Waals surface area contributed by atoms with Crippen molar-refractivity contribution in [2.24, 2.45) is 5.73 Å². The molecular weight excluding hydrogens is 450 g/mol. The first-order valence-corrected chi connectivity index (χ1v) is 11.8. The van der Waals surface area contributed by atoms with Gasteiger partial charge in [-0.3, -0.25) is 14.3 Å². The Morgan fingerprint density at radius 1 is 0.917 bits per heavy atom. The number of aryl methyl sites for hydroxylation is 4. The van der Waals surface area contributed by atoms with Gasteiger partial charge in [-0.2, -0.15) is 0 Å². The lowest BCUT2D eigenvalue weighted by molar-refractivity contribution is 0.0999. The standard InChI is InChI=1S/C21H19N5.C7H8N2O/c1-13-7-10-18-21(24-13)26(16-9-8-14-4-2-5-15(14)12-16)20(25-18)17-6-3-11-23-19(17)22;1-5-6(7(8)10)3-2-4-9-5/h3,6-12H,2,4-5H2,1H3,(H2,22,23);2-4H,1H3,(H2,8,10). The van der Waals surface area contributed by atoms with Crippen LogP contribution in [-0.2, 0) is 12.8 Å². The molecule has 0 saturated heterocycles. The summed E-state index contributed by atoms with van der Waals surface area (Å²) in [5.74, 6) is 0.828. The summed E-state index contributed by atoms with van der Waals surface area (Å²) in [4.78, 5) is 28.3. The minimum absolute atomic E-state index is 0.425. The molecule has 5 aromatic rings. The minimum Gasteiger partial charge on any atom is -0.383 e. The molecule has 180 valence electrons. The van der Waals surface area contributed by atoms with Crippen molar-refractivity contribution in [3.8, 4) is 17.1 Å². The van der Waals surface area contributed by atoms with Crippen LogP contribution in [0.1, 0.15) is 39.3 Å². The molecule has 36 heavy (non-hydrogen) atoms. The van der Waals surface area contributed by atoms with Gasteiger partial charge in [0.05, 0.1) is 11.1 Å². The zero-order chi connectivity index (χ0) is 25.2. The zero-order valence-corrected chi connectivity index (χ0v) is 20.3. The predicted molar refractivity (Wildman–Crippen MR) is 141 cm³/mol. The molecule has 4 heterocycles. The van der Waals surface area contributed by atoms with Gasteiger partial charge in [0, 0.05) is 29.5 Å². The van der Waals surface area contributed by atoms with E-state index >= 15 is 0 Å². The summed E-state index contributed by atoms with van der Waals surface area (Å²) in [7, 11) is 0. The summed E-state index contributed by atoms with van der Waals surface area (Å²) >= 11 is 0. The number of hydrogen-bond acceptors (Lipinski definition) is 6. The van der Waals surface area contributed by atoms with E-state index in [-0.39, 0.29) is 0 Å². The van der Waals surface area contributed by atoms with Gasteiger partial charge in [-0.05, 0) is 92.8 Å². The molecule has 1 aromatic carbocycles. The third-order valence-corrected chi connectivity index (χ3v) is 6.34. The molecule has 0 fully saturated rings. The highest BCUT2D eigenvalue weighted by atomic mass is 16.1. The maximum Gasteiger partial charge on any atom is 0.250 e. The monoisotopic (exact) mass is 477 g/mol. The number of carbonyl (C=O) groups is 1. The number of benzene rings is 1. The van der Waals surface area contributed by atoms with Crippen LogP contribution in [-0.4, -0.2) is 30.4 Å². The first kappa shape index (κ1) is 23.2. The second kappa shape index (κ2) is 9.58. The largest absolute Gasteiger partial charge is 0.383 e. The van der Waals surface area contributed by atoms with Gasteiger partial charge < -0.3 is 11.5 Å². The van der Waals surface area contributed by atoms with Crippen molar-refractivity contribution < 1.29 is 4.79 Å². The number of imidazole rings is 1. The molecule has 1 aliphatic carbocycles. The minimum atomic E-state index is -0.425. The number of hydrogen-bond donors (Lipinski definition) is 2. The second-order valence-corrected chi connectivity index (χ2v) is 8.81. The van der Waals surface area contributed by atoms with E-state index in [4.69, 9.17) is 21.4 Å². The number of fused-ring (bicyclic) bond motifs is 2. The fourth-order valence-corrected chi connectivity index (χ4v) is 4.53. The summed E-state index contributed by atoms with van der Waals surface area (Å²) in [6.45, 7) is 3.75. The normalized spacial score (nSPS) is 12.2. The average molecular weight is 478 g/mol. The highest BCUT2D eigenvalue weighted by Gasteiger charge is 2.19. The number of primary amides is 1. The average Bonchev–Trinajstić information content (AvgIpc) is 3.48. The Morgan fingerprint density at radius 3 is 2.44 bits per heavy atom. The van der Waals surface area contributed by atoms with Crippen molar-refractivity contribution in [2.45, 2.75) is 33.1 Å². The molecule has 0 aliphatic heterocycles. The van der Waals surface area contributed by atoms with Crippen LogP contribution in [0.5, 0.6) is 0 Å². The number of carbonyl (C=O) groups excluding carboxylic acids is 1. The van der Waals surface area contributed by atoms with E-state index in [1.54, 1.807) is 31.5 Å². The fraction of sp³-hybridized carbons (Fsp3) is 0.179. The number of rotatable bonds is 3. The van der Waals surface area contributed by atoms with Crippen molar-refractivity contribution >= 4 is 22.9 Å². The molecule has 0 spiro atoms. The van der Waals surface area contributed by atoms with E-state index < -0.39 is 5.91 Å². The number of pyridine rings is 3. The van der Waals surface area contributed by atoms with Crippen molar-refractivity contribution in [3.05, 3.63) is 95.1 Å². The Balaban J connectivity index is 0.000000226. The summed E-state index contributed by atoms with van der Waals surface area (Å²) in [5, 5.41) is 0. The van der Waals surface area contributed by atoms with Gasteiger partial charge >= 0.3 is 0 Å². The molecule has 1 aliphatic rings. The van der Waals surface area contributed by atoms with E-state index in [1.807, 2.05) is 31.2 Å². The lowest BCUT2D eigenvalue weighted by Crippen LogP contribution is -2.12. The van der Waals surface area contributed by atoms with Gasteiger partial charge in [0.15, 0.2) is 11.5 Å². The van der Waals surface area contributed by atoms with Gasteiger partial charge in [-0.15, -0.1) is 0 Å². The van der Waals surface area contributed by atoms with Gasteiger partial charge in [-0.1, -0.05) is 6.07 Å². The molecule has 4 N–H and O–H groups in total. The van der Waals surface area contributed by atoms with E-state index in [2.05, 4.69) is 32.7 Å². The van der Waals surface area contributed by atoms with E-state index in [0.29, 0.717) is 17.1 Å². The topological polar surface area (TPSA) is 126 Å². The van der Waals surface area contributed by atoms with Crippen LogP contribution in [0.2, 0.25) is 0 Å². The Kier molecular flexibility index (Phi) is 6.16. The van der Waals surface area contributed by atoms with Gasteiger partial charge in [-0.25, -0.2) is 15.0 Å². The molecule has 0 radical (unpaired) electrons. The first-order chi connectivity index (χ1) is 17.4. The molecular formula is C28H27N7O. The molecule has 1 amide bonds. The zero-order valence-electron chi connectivity index (χ0n) is 20.3. The van der Waals surface area contributed by atoms with Crippen LogP contribution < -0.4 is 11.5 Å². The second-order valence-electron chi connectivity index (χ2n) is 8.81. The molecule has 0 unspecified atom stereocenters. The van der Waals surface area contributed by atoms with Crippen molar-refractivity contribution in [1.29, 1.82) is 0 Å². The Hall–Kier alpha value is -4.59. The van der Waals surface area contributed by atoms with Crippen molar-refractivity contribution in [3.63, 3.8) is 0 Å². The van der Waals surface area contributed by atoms with E-state index in [1.165, 1.54) is 24.0 Å². The summed E-state index contributed by atoms with van der Waals surface area (Å²) < 4.78 is 2.11. The molecule has 0 atom stereocenters. The van der Waals surface area contributed by atoms with Crippen LogP contribution in [0.4, 0.5) is 5.82 Å². The third-order valence-electron chi connectivity index (χ3n) is 6.34. The molecule has 6 rings (SSSR count). The molecule has 0 bridgehead atoms. The smallest absolute Gasteiger partial charge is 0.250 e. The van der Waals surface area contributed by atoms with Gasteiger partial charge in [0.1, 0.15) is 11.3 Å². The van der Waals surface area contributed by atoms with Gasteiger partial charge in [0.2, 0.25) is 0 Å². The quantitative estimate of drug-likeness (QED) is 0.398. The van der Waals surface area contributed by atoms with Crippen LogP contribution in [0.15, 0.2) is 67.0 Å². The lowest BCUT2D eigenvalue weighted by atomic mass is 10.1. The van der Waals surface area contributed by atoms with E-state index in [0.717, 1.165) is 40.4 Å². The summed E-state index contributed by atoms with van der Waals surface area (Å²) in [5.41, 5.74) is 19.8. The molecule has 8 heteroatoms. The van der Waals surface area contributed by atoms with Crippen molar-refractivity contribution in [2.75, 3.05) is 5.73 Å². The molecule has 0 saturated carbocycles. The number of nitrogens with zero attached hydrogens (tertiary/aromatic N) is 5. The number of aromatic nitrogens is 5. The number of nitrogen functional groups attached to an aromatic ring is 1. The Bertz CT molecular complexity index is 1590. The maximum atomic E-state index is 10.6. The van der Waals surface area contributed by atoms with Crippen LogP contribution >= 0.6 is 0 Å². The SMILES string of the molecule is Cc1ccc2nc(-c3cccnc3N)n(-c3ccc4c(c3)CCC4)c2n1.Cc1ncccc1C(N)=O. The number of nitrogens with two attached hydrogens (primary N) is 2. The molecule has 8 nitrogen and oxygen atoms in total. The number of anilines is 1. The maximum absolute atomic E-state index is 10.6. The Labute approximate surface area is 209 Å². The lowest BCUT2D eigenvalue weighted by Gasteiger charge is -2.12. The molecule has 4 aromatic heterocycles. The van der Waals surface area contributed by atoms with Crippen LogP contribution in [0.25, 0.3) is 28.2 Å². The Morgan fingerprint density at radius 2 is 1.69 bits per heavy atom.